The van der Waals surface area contributed by atoms with Crippen molar-refractivity contribution in [3.8, 4) is 11.5 Å². The first kappa shape index (κ1) is 37.4. The molecular formula is C44H47N3O5S. The molecule has 0 unspecified atom stereocenters. The maximum atomic E-state index is 14.9. The standard InChI is InChI=1S/C44H47N3O5S/c1-33-21-27-41(28-22-33)53(50,51)47(38-23-25-40(26-24-38)52-39-19-10-5-11-20-39)32-43(48)46(31-36-16-12-13-34(2)29-36)42(30-35-14-6-3-7-15-35)44(49)45-37-17-8-4-9-18-37/h3,5-7,10-16,19-29,37,42H,4,8-9,17-18,30-32H2,1-2H3,(H,45,49)/t42-/m1/s1. The number of hydrogen-bond donors (Lipinski definition) is 1. The fraction of sp³-hybridized carbons (Fsp3) is 0.273. The van der Waals surface area contributed by atoms with Gasteiger partial charge in [-0.15, -0.1) is 0 Å². The number of carbonyl (C=O) groups excluding carboxylic acids is 2. The van der Waals surface area contributed by atoms with Gasteiger partial charge in [0.05, 0.1) is 10.6 Å². The summed E-state index contributed by atoms with van der Waals surface area (Å²) in [4.78, 5) is 30.9. The molecule has 1 saturated carbocycles. The van der Waals surface area contributed by atoms with Crippen LogP contribution in [-0.2, 0) is 32.6 Å². The minimum absolute atomic E-state index is 0.0282. The number of rotatable bonds is 14. The predicted octanol–water partition coefficient (Wildman–Crippen LogP) is 8.38. The lowest BCUT2D eigenvalue weighted by Gasteiger charge is -2.35. The molecule has 0 heterocycles. The highest BCUT2D eigenvalue weighted by atomic mass is 32.2. The van der Waals surface area contributed by atoms with Crippen LogP contribution >= 0.6 is 0 Å². The van der Waals surface area contributed by atoms with Crippen LogP contribution in [0.4, 0.5) is 5.69 Å². The Hall–Kier alpha value is -5.41. The Morgan fingerprint density at radius 3 is 2.00 bits per heavy atom. The zero-order valence-electron chi connectivity index (χ0n) is 30.4. The third kappa shape index (κ3) is 9.93. The second kappa shape index (κ2) is 17.4. The Labute approximate surface area is 313 Å². The molecule has 1 N–H and O–H groups in total. The van der Waals surface area contributed by atoms with E-state index in [0.717, 1.165) is 58.7 Å². The highest BCUT2D eigenvalue weighted by molar-refractivity contribution is 7.92. The van der Waals surface area contributed by atoms with Crippen molar-refractivity contribution >= 4 is 27.5 Å². The molecule has 9 heteroatoms. The van der Waals surface area contributed by atoms with E-state index in [0.29, 0.717) is 17.2 Å². The first-order valence-electron chi connectivity index (χ1n) is 18.3. The van der Waals surface area contributed by atoms with Crippen LogP contribution in [-0.4, -0.2) is 43.8 Å². The lowest BCUT2D eigenvalue weighted by molar-refractivity contribution is -0.140. The molecule has 6 rings (SSSR count). The summed E-state index contributed by atoms with van der Waals surface area (Å²) in [6.45, 7) is 3.47. The molecule has 1 aliphatic rings. The Morgan fingerprint density at radius 1 is 0.717 bits per heavy atom. The van der Waals surface area contributed by atoms with E-state index in [2.05, 4.69) is 5.32 Å². The van der Waals surface area contributed by atoms with Crippen LogP contribution in [0.25, 0.3) is 0 Å². The molecule has 5 aromatic carbocycles. The topological polar surface area (TPSA) is 96.0 Å². The largest absolute Gasteiger partial charge is 0.457 e. The molecule has 0 radical (unpaired) electrons. The minimum Gasteiger partial charge on any atom is -0.457 e. The Balaban J connectivity index is 1.38. The number of para-hydroxylation sites is 1. The van der Waals surface area contributed by atoms with Gasteiger partial charge < -0.3 is 15.0 Å². The van der Waals surface area contributed by atoms with Crippen LogP contribution in [0.15, 0.2) is 138 Å². The van der Waals surface area contributed by atoms with Crippen LogP contribution in [0.3, 0.4) is 0 Å². The number of ether oxygens (including phenoxy) is 1. The van der Waals surface area contributed by atoms with E-state index in [9.17, 15) is 18.0 Å². The highest BCUT2D eigenvalue weighted by Crippen LogP contribution is 2.29. The molecule has 2 amide bonds. The van der Waals surface area contributed by atoms with Gasteiger partial charge in [-0.05, 0) is 86.3 Å². The molecule has 8 nitrogen and oxygen atoms in total. The van der Waals surface area contributed by atoms with Crippen LogP contribution < -0.4 is 14.4 Å². The number of nitrogens with zero attached hydrogens (tertiary/aromatic N) is 2. The summed E-state index contributed by atoms with van der Waals surface area (Å²) >= 11 is 0. The van der Waals surface area contributed by atoms with Crippen molar-refractivity contribution in [1.29, 1.82) is 0 Å². The average Bonchev–Trinajstić information content (AvgIpc) is 3.17. The summed E-state index contributed by atoms with van der Waals surface area (Å²) in [5, 5.41) is 3.27. The molecule has 0 spiro atoms. The molecule has 0 aliphatic heterocycles. The zero-order chi connectivity index (χ0) is 37.2. The van der Waals surface area contributed by atoms with Crippen molar-refractivity contribution in [3.05, 3.63) is 156 Å². The Bertz CT molecular complexity index is 2070. The lowest BCUT2D eigenvalue weighted by Crippen LogP contribution is -2.55. The number of nitrogens with one attached hydrogen (secondary N) is 1. The Morgan fingerprint density at radius 2 is 1.34 bits per heavy atom. The number of benzene rings is 5. The van der Waals surface area contributed by atoms with Crippen molar-refractivity contribution in [2.24, 2.45) is 0 Å². The van der Waals surface area contributed by atoms with E-state index in [-0.39, 0.29) is 29.8 Å². The molecule has 53 heavy (non-hydrogen) atoms. The van der Waals surface area contributed by atoms with Gasteiger partial charge in [0.15, 0.2) is 0 Å². The first-order chi connectivity index (χ1) is 25.7. The zero-order valence-corrected chi connectivity index (χ0v) is 31.2. The van der Waals surface area contributed by atoms with Gasteiger partial charge in [0, 0.05) is 19.0 Å². The van der Waals surface area contributed by atoms with Gasteiger partial charge in [-0.3, -0.25) is 13.9 Å². The third-order valence-electron chi connectivity index (χ3n) is 9.65. The molecule has 1 fully saturated rings. The molecule has 0 saturated heterocycles. The van der Waals surface area contributed by atoms with Crippen LogP contribution in [0.2, 0.25) is 0 Å². The van der Waals surface area contributed by atoms with Gasteiger partial charge >= 0.3 is 0 Å². The Kier molecular flexibility index (Phi) is 12.3. The molecule has 1 atom stereocenters. The van der Waals surface area contributed by atoms with Crippen molar-refractivity contribution in [2.45, 2.75) is 75.9 Å². The van der Waals surface area contributed by atoms with E-state index >= 15 is 0 Å². The molecule has 274 valence electrons. The van der Waals surface area contributed by atoms with Crippen molar-refractivity contribution < 1.29 is 22.7 Å². The molecule has 0 aromatic heterocycles. The van der Waals surface area contributed by atoms with Gasteiger partial charge in [-0.1, -0.05) is 115 Å². The molecule has 5 aromatic rings. The van der Waals surface area contributed by atoms with Crippen molar-refractivity contribution in [3.63, 3.8) is 0 Å². The lowest BCUT2D eigenvalue weighted by atomic mass is 9.94. The van der Waals surface area contributed by atoms with E-state index in [4.69, 9.17) is 4.74 Å². The van der Waals surface area contributed by atoms with Crippen molar-refractivity contribution in [2.75, 3.05) is 10.8 Å². The van der Waals surface area contributed by atoms with Crippen LogP contribution in [0, 0.1) is 13.8 Å². The van der Waals surface area contributed by atoms with Crippen LogP contribution in [0.5, 0.6) is 11.5 Å². The first-order valence-corrected chi connectivity index (χ1v) is 19.7. The summed E-state index contributed by atoms with van der Waals surface area (Å²) in [5.74, 6) is 0.424. The summed E-state index contributed by atoms with van der Waals surface area (Å²) in [7, 11) is -4.23. The average molecular weight is 730 g/mol. The van der Waals surface area contributed by atoms with E-state index in [1.165, 1.54) is 0 Å². The molecular weight excluding hydrogens is 683 g/mol. The van der Waals surface area contributed by atoms with Gasteiger partial charge in [0.1, 0.15) is 24.1 Å². The SMILES string of the molecule is Cc1ccc(S(=O)(=O)N(CC(=O)N(Cc2cccc(C)c2)[C@H](Cc2ccccc2)C(=O)NC2CCCCC2)c2ccc(Oc3ccccc3)cc2)cc1. The van der Waals surface area contributed by atoms with E-state index in [1.807, 2.05) is 98.8 Å². The van der Waals surface area contributed by atoms with Crippen LogP contribution in [0.1, 0.15) is 54.4 Å². The second-order valence-electron chi connectivity index (χ2n) is 13.8. The monoisotopic (exact) mass is 729 g/mol. The van der Waals surface area contributed by atoms with Gasteiger partial charge in [-0.25, -0.2) is 8.42 Å². The number of anilines is 1. The number of aryl methyl sites for hydroxylation is 2. The summed E-state index contributed by atoms with van der Waals surface area (Å²) < 4.78 is 36.1. The van der Waals surface area contributed by atoms with E-state index < -0.39 is 28.5 Å². The number of carbonyl (C=O) groups is 2. The van der Waals surface area contributed by atoms with E-state index in [1.54, 1.807) is 53.4 Å². The predicted molar refractivity (Wildman–Crippen MR) is 209 cm³/mol. The smallest absolute Gasteiger partial charge is 0.264 e. The highest BCUT2D eigenvalue weighted by Gasteiger charge is 2.35. The second-order valence-corrected chi connectivity index (χ2v) is 15.7. The fourth-order valence-corrected chi connectivity index (χ4v) is 8.19. The number of amides is 2. The van der Waals surface area contributed by atoms with Gasteiger partial charge in [0.2, 0.25) is 11.8 Å². The minimum atomic E-state index is -4.23. The normalized spacial score (nSPS) is 13.8. The van der Waals surface area contributed by atoms with Crippen molar-refractivity contribution in [1.82, 2.24) is 10.2 Å². The third-order valence-corrected chi connectivity index (χ3v) is 11.4. The summed E-state index contributed by atoms with van der Waals surface area (Å²) in [5.41, 5.74) is 3.96. The maximum absolute atomic E-state index is 14.9. The van der Waals surface area contributed by atoms with Gasteiger partial charge in [-0.2, -0.15) is 0 Å². The fourth-order valence-electron chi connectivity index (χ4n) is 6.78. The summed E-state index contributed by atoms with van der Waals surface area (Å²) in [6, 6.07) is 39.1. The molecule has 1 aliphatic carbocycles. The quantitative estimate of drug-likeness (QED) is 0.124. The van der Waals surface area contributed by atoms with Gasteiger partial charge in [0.25, 0.3) is 10.0 Å². The number of hydrogen-bond acceptors (Lipinski definition) is 5. The number of sulfonamides is 1. The maximum Gasteiger partial charge on any atom is 0.264 e. The molecule has 0 bridgehead atoms. The summed E-state index contributed by atoms with van der Waals surface area (Å²) in [6.07, 6.45) is 5.28.